The number of anilines is 1. The summed E-state index contributed by atoms with van der Waals surface area (Å²) in [7, 11) is 0. The van der Waals surface area contributed by atoms with Crippen molar-refractivity contribution in [2.75, 3.05) is 11.9 Å². The Hall–Kier alpha value is -2.89. The third kappa shape index (κ3) is 2.88. The molecule has 0 spiro atoms. The summed E-state index contributed by atoms with van der Waals surface area (Å²) in [4.78, 5) is 34.9. The normalized spacial score (nSPS) is 15.0. The van der Waals surface area contributed by atoms with Gasteiger partial charge in [-0.15, -0.1) is 0 Å². The number of carboxylic acids is 1. The van der Waals surface area contributed by atoms with Gasteiger partial charge in [0, 0.05) is 11.1 Å². The van der Waals surface area contributed by atoms with Crippen LogP contribution >= 0.6 is 0 Å². The van der Waals surface area contributed by atoms with Crippen molar-refractivity contribution in [2.45, 2.75) is 12.8 Å². The summed E-state index contributed by atoms with van der Waals surface area (Å²) in [6.45, 7) is -0.253. The van der Waals surface area contributed by atoms with Crippen LogP contribution in [-0.2, 0) is 14.4 Å². The molecule has 2 aromatic rings. The van der Waals surface area contributed by atoms with Gasteiger partial charge in [-0.3, -0.25) is 14.4 Å². The number of carboxylic acid groups (broad SMARTS) is 1. The van der Waals surface area contributed by atoms with Crippen molar-refractivity contribution in [3.8, 4) is 0 Å². The van der Waals surface area contributed by atoms with Gasteiger partial charge in [-0.2, -0.15) is 0 Å². The topological polar surface area (TPSA) is 95.5 Å². The first-order valence-corrected chi connectivity index (χ1v) is 7.32. The van der Waals surface area contributed by atoms with E-state index in [4.69, 9.17) is 5.11 Å². The molecule has 0 saturated heterocycles. The predicted octanol–water partition coefficient (Wildman–Crippen LogP) is 1.76. The molecule has 6 nitrogen and oxygen atoms in total. The van der Waals surface area contributed by atoms with Gasteiger partial charge in [-0.25, -0.2) is 0 Å². The zero-order chi connectivity index (χ0) is 16.4. The fourth-order valence-electron chi connectivity index (χ4n) is 2.52. The van der Waals surface area contributed by atoms with Crippen LogP contribution in [0.25, 0.3) is 10.8 Å². The molecule has 6 heteroatoms. The molecule has 3 N–H and O–H groups in total. The van der Waals surface area contributed by atoms with Crippen LogP contribution in [0.3, 0.4) is 0 Å². The van der Waals surface area contributed by atoms with E-state index in [-0.39, 0.29) is 6.54 Å². The number of aliphatic carboxylic acids is 1. The molecule has 0 unspecified atom stereocenters. The maximum absolute atomic E-state index is 12.0. The second-order valence-electron chi connectivity index (χ2n) is 5.64. The molecule has 2 aromatic carbocycles. The van der Waals surface area contributed by atoms with E-state index in [9.17, 15) is 14.4 Å². The molecule has 3 rings (SSSR count). The highest BCUT2D eigenvalue weighted by molar-refractivity contribution is 6.07. The number of hydrogen-bond donors (Lipinski definition) is 3. The van der Waals surface area contributed by atoms with Crippen molar-refractivity contribution >= 4 is 34.2 Å². The SMILES string of the molecule is O=C(CNC(=O)C1(C(=O)O)CC1)Nc1cccc2ccccc12. The average molecular weight is 312 g/mol. The van der Waals surface area contributed by atoms with Crippen molar-refractivity contribution in [2.24, 2.45) is 5.41 Å². The Bertz CT molecular complexity index is 791. The zero-order valence-corrected chi connectivity index (χ0v) is 12.3. The first kappa shape index (κ1) is 15.0. The number of nitrogens with one attached hydrogen (secondary N) is 2. The fraction of sp³-hybridized carbons (Fsp3) is 0.235. The monoisotopic (exact) mass is 312 g/mol. The molecule has 1 aliphatic rings. The highest BCUT2D eigenvalue weighted by atomic mass is 16.4. The van der Waals surface area contributed by atoms with E-state index in [0.717, 1.165) is 10.8 Å². The lowest BCUT2D eigenvalue weighted by Crippen LogP contribution is -2.40. The molecule has 0 aliphatic heterocycles. The lowest BCUT2D eigenvalue weighted by molar-refractivity contribution is -0.149. The van der Waals surface area contributed by atoms with E-state index in [2.05, 4.69) is 10.6 Å². The molecular weight excluding hydrogens is 296 g/mol. The summed E-state index contributed by atoms with van der Waals surface area (Å²) in [6.07, 6.45) is 0.637. The Labute approximate surface area is 132 Å². The van der Waals surface area contributed by atoms with Crippen LogP contribution < -0.4 is 10.6 Å². The lowest BCUT2D eigenvalue weighted by atomic mass is 10.1. The maximum Gasteiger partial charge on any atom is 0.319 e. The van der Waals surface area contributed by atoms with Gasteiger partial charge in [0.15, 0.2) is 0 Å². The molecular formula is C17H16N2O4. The van der Waals surface area contributed by atoms with Crippen molar-refractivity contribution in [3.63, 3.8) is 0 Å². The third-order valence-corrected chi connectivity index (χ3v) is 4.07. The molecule has 118 valence electrons. The molecule has 0 atom stereocenters. The highest BCUT2D eigenvalue weighted by Gasteiger charge is 2.57. The van der Waals surface area contributed by atoms with Gasteiger partial charge < -0.3 is 15.7 Å². The standard InChI is InChI=1S/C17H16N2O4/c20-14(10-18-15(21)17(8-9-17)16(22)23)19-13-7-3-5-11-4-1-2-6-12(11)13/h1-7H,8-10H2,(H,18,21)(H,19,20)(H,22,23). The number of carbonyl (C=O) groups is 3. The molecule has 1 saturated carbocycles. The predicted molar refractivity (Wildman–Crippen MR) is 84.9 cm³/mol. The van der Waals surface area contributed by atoms with Gasteiger partial charge in [0.25, 0.3) is 0 Å². The zero-order valence-electron chi connectivity index (χ0n) is 12.3. The van der Waals surface area contributed by atoms with Crippen LogP contribution in [0, 0.1) is 5.41 Å². The summed E-state index contributed by atoms with van der Waals surface area (Å²) in [5, 5.41) is 16.1. The van der Waals surface area contributed by atoms with Gasteiger partial charge >= 0.3 is 5.97 Å². The van der Waals surface area contributed by atoms with Crippen LogP contribution in [0.15, 0.2) is 42.5 Å². The summed E-state index contributed by atoms with van der Waals surface area (Å²) in [6, 6.07) is 13.2. The fourth-order valence-corrected chi connectivity index (χ4v) is 2.52. The van der Waals surface area contributed by atoms with E-state index in [1.54, 1.807) is 6.07 Å². The molecule has 0 bridgehead atoms. The number of fused-ring (bicyclic) bond motifs is 1. The quantitative estimate of drug-likeness (QED) is 0.733. The number of amides is 2. The molecule has 0 radical (unpaired) electrons. The van der Waals surface area contributed by atoms with E-state index in [1.807, 2.05) is 36.4 Å². The van der Waals surface area contributed by atoms with E-state index < -0.39 is 23.2 Å². The van der Waals surface area contributed by atoms with E-state index in [0.29, 0.717) is 18.5 Å². The first-order valence-electron chi connectivity index (χ1n) is 7.32. The Morgan fingerprint density at radius 1 is 1.04 bits per heavy atom. The maximum atomic E-state index is 12.0. The average Bonchev–Trinajstić information content (AvgIpc) is 3.35. The highest BCUT2D eigenvalue weighted by Crippen LogP contribution is 2.45. The summed E-state index contributed by atoms with van der Waals surface area (Å²) in [5.41, 5.74) is -0.679. The van der Waals surface area contributed by atoms with Gasteiger partial charge in [0.1, 0.15) is 5.41 Å². The van der Waals surface area contributed by atoms with Gasteiger partial charge in [0.2, 0.25) is 11.8 Å². The Kier molecular flexibility index (Phi) is 3.73. The molecule has 2 amide bonds. The Morgan fingerprint density at radius 2 is 1.74 bits per heavy atom. The van der Waals surface area contributed by atoms with Crippen LogP contribution in [0.5, 0.6) is 0 Å². The lowest BCUT2D eigenvalue weighted by Gasteiger charge is -2.12. The van der Waals surface area contributed by atoms with Crippen molar-refractivity contribution in [3.05, 3.63) is 42.5 Å². The molecule has 1 fully saturated rings. The van der Waals surface area contributed by atoms with Crippen LogP contribution in [-0.4, -0.2) is 29.4 Å². The molecule has 0 aromatic heterocycles. The summed E-state index contributed by atoms with van der Waals surface area (Å²) >= 11 is 0. The smallest absolute Gasteiger partial charge is 0.319 e. The molecule has 0 heterocycles. The Balaban J connectivity index is 1.63. The van der Waals surface area contributed by atoms with E-state index >= 15 is 0 Å². The van der Waals surface area contributed by atoms with Gasteiger partial charge in [-0.1, -0.05) is 36.4 Å². The van der Waals surface area contributed by atoms with Crippen molar-refractivity contribution < 1.29 is 19.5 Å². The first-order chi connectivity index (χ1) is 11.0. The number of carbonyl (C=O) groups excluding carboxylic acids is 2. The van der Waals surface area contributed by atoms with Crippen LogP contribution in [0.4, 0.5) is 5.69 Å². The third-order valence-electron chi connectivity index (χ3n) is 4.07. The number of hydrogen-bond acceptors (Lipinski definition) is 3. The van der Waals surface area contributed by atoms with E-state index in [1.165, 1.54) is 0 Å². The second kappa shape index (κ2) is 5.72. The molecule has 1 aliphatic carbocycles. The van der Waals surface area contributed by atoms with Crippen LogP contribution in [0.1, 0.15) is 12.8 Å². The van der Waals surface area contributed by atoms with Crippen LogP contribution in [0.2, 0.25) is 0 Å². The van der Waals surface area contributed by atoms with Crippen molar-refractivity contribution in [1.82, 2.24) is 5.32 Å². The summed E-state index contributed by atoms with van der Waals surface area (Å²) in [5.74, 6) is -2.13. The summed E-state index contributed by atoms with van der Waals surface area (Å²) < 4.78 is 0. The number of rotatable bonds is 5. The second-order valence-corrected chi connectivity index (χ2v) is 5.64. The minimum Gasteiger partial charge on any atom is -0.480 e. The minimum atomic E-state index is -1.33. The van der Waals surface area contributed by atoms with Crippen molar-refractivity contribution in [1.29, 1.82) is 0 Å². The van der Waals surface area contributed by atoms with Gasteiger partial charge in [-0.05, 0) is 24.3 Å². The largest absolute Gasteiger partial charge is 0.480 e. The Morgan fingerprint density at radius 3 is 2.43 bits per heavy atom. The minimum absolute atomic E-state index is 0.253. The molecule has 23 heavy (non-hydrogen) atoms. The van der Waals surface area contributed by atoms with Gasteiger partial charge in [0.05, 0.1) is 6.54 Å². The number of benzene rings is 2.